The number of rotatable bonds is 5. The Labute approximate surface area is 140 Å². The van der Waals surface area contributed by atoms with Gasteiger partial charge in [-0.1, -0.05) is 44.5 Å². The highest BCUT2D eigenvalue weighted by molar-refractivity contribution is 5.85. The summed E-state index contributed by atoms with van der Waals surface area (Å²) in [5.41, 5.74) is 8.32. The molecule has 1 aromatic carbocycles. The normalized spacial score (nSPS) is 20.8. The number of nitrogens with two attached hydrogens (primary N) is 1. The number of amides is 1. The SMILES string of the molecule is CC(C)c1ccc(CN(C)C(=O)[C@@H]2CCC[C@@H]2CN)cc1.Cl. The second-order valence-electron chi connectivity index (χ2n) is 6.62. The summed E-state index contributed by atoms with van der Waals surface area (Å²) in [6, 6.07) is 8.59. The Kier molecular flexibility index (Phi) is 7.37. The lowest BCUT2D eigenvalue weighted by Gasteiger charge is -2.24. The number of benzene rings is 1. The van der Waals surface area contributed by atoms with E-state index in [4.69, 9.17) is 5.73 Å². The van der Waals surface area contributed by atoms with E-state index < -0.39 is 0 Å². The standard InChI is InChI=1S/C18H28N2O.ClH/c1-13(2)15-9-7-14(8-10-15)12-20(3)18(21)17-6-4-5-16(17)11-19;/h7-10,13,16-17H,4-6,11-12,19H2,1-3H3;1H/t16-,17-;/m1./s1. The highest BCUT2D eigenvalue weighted by atomic mass is 35.5. The lowest BCUT2D eigenvalue weighted by Crippen LogP contribution is -2.36. The second-order valence-corrected chi connectivity index (χ2v) is 6.62. The van der Waals surface area contributed by atoms with Gasteiger partial charge in [-0.3, -0.25) is 4.79 Å². The molecule has 1 fully saturated rings. The van der Waals surface area contributed by atoms with Gasteiger partial charge in [-0.25, -0.2) is 0 Å². The summed E-state index contributed by atoms with van der Waals surface area (Å²) in [4.78, 5) is 14.4. The third kappa shape index (κ3) is 4.47. The first-order valence-electron chi connectivity index (χ1n) is 8.06. The molecule has 2 atom stereocenters. The highest BCUT2D eigenvalue weighted by Crippen LogP contribution is 2.32. The number of hydrogen-bond donors (Lipinski definition) is 1. The van der Waals surface area contributed by atoms with Gasteiger partial charge in [0.1, 0.15) is 0 Å². The predicted molar refractivity (Wildman–Crippen MR) is 94.1 cm³/mol. The van der Waals surface area contributed by atoms with Gasteiger partial charge in [0.2, 0.25) is 5.91 Å². The Morgan fingerprint density at radius 1 is 1.27 bits per heavy atom. The summed E-state index contributed by atoms with van der Waals surface area (Å²) in [5, 5.41) is 0. The molecule has 0 unspecified atom stereocenters. The third-order valence-corrected chi connectivity index (χ3v) is 4.72. The minimum Gasteiger partial charge on any atom is -0.341 e. The molecule has 4 heteroatoms. The number of nitrogens with zero attached hydrogens (tertiary/aromatic N) is 1. The predicted octanol–water partition coefficient (Wildman–Crippen LogP) is 3.57. The molecule has 0 saturated heterocycles. The summed E-state index contributed by atoms with van der Waals surface area (Å²) in [6.45, 7) is 5.70. The van der Waals surface area contributed by atoms with Crippen molar-refractivity contribution in [2.24, 2.45) is 17.6 Å². The van der Waals surface area contributed by atoms with Crippen LogP contribution in [0.25, 0.3) is 0 Å². The van der Waals surface area contributed by atoms with Gasteiger partial charge in [0.15, 0.2) is 0 Å². The van der Waals surface area contributed by atoms with E-state index in [0.717, 1.165) is 19.3 Å². The summed E-state index contributed by atoms with van der Waals surface area (Å²) >= 11 is 0. The molecular weight excluding hydrogens is 296 g/mol. The molecule has 0 aromatic heterocycles. The minimum absolute atomic E-state index is 0. The molecule has 3 nitrogen and oxygen atoms in total. The minimum atomic E-state index is 0. The molecule has 2 rings (SSSR count). The molecule has 1 aromatic rings. The van der Waals surface area contributed by atoms with Gasteiger partial charge in [-0.15, -0.1) is 12.4 Å². The van der Waals surface area contributed by atoms with Crippen molar-refractivity contribution in [1.82, 2.24) is 4.90 Å². The maximum atomic E-state index is 12.6. The van der Waals surface area contributed by atoms with Crippen LogP contribution in [0.5, 0.6) is 0 Å². The molecule has 0 radical (unpaired) electrons. The fourth-order valence-corrected chi connectivity index (χ4v) is 3.29. The van der Waals surface area contributed by atoms with E-state index >= 15 is 0 Å². The van der Waals surface area contributed by atoms with E-state index in [0.29, 0.717) is 24.9 Å². The zero-order chi connectivity index (χ0) is 15.4. The van der Waals surface area contributed by atoms with E-state index in [1.54, 1.807) is 0 Å². The molecule has 1 aliphatic rings. The lowest BCUT2D eigenvalue weighted by atomic mass is 9.94. The van der Waals surface area contributed by atoms with E-state index in [9.17, 15) is 4.79 Å². The third-order valence-electron chi connectivity index (χ3n) is 4.72. The van der Waals surface area contributed by atoms with Crippen LogP contribution in [0.3, 0.4) is 0 Å². The van der Waals surface area contributed by atoms with Crippen LogP contribution in [0.1, 0.15) is 50.2 Å². The number of carbonyl (C=O) groups is 1. The number of hydrogen-bond acceptors (Lipinski definition) is 2. The van der Waals surface area contributed by atoms with Crippen molar-refractivity contribution in [2.75, 3.05) is 13.6 Å². The molecular formula is C18H29ClN2O. The molecule has 0 aliphatic heterocycles. The van der Waals surface area contributed by atoms with Crippen LogP contribution in [-0.2, 0) is 11.3 Å². The van der Waals surface area contributed by atoms with Crippen molar-refractivity contribution in [3.63, 3.8) is 0 Å². The lowest BCUT2D eigenvalue weighted by molar-refractivity contribution is -0.135. The van der Waals surface area contributed by atoms with Crippen LogP contribution >= 0.6 is 12.4 Å². The first-order chi connectivity index (χ1) is 10.0. The Morgan fingerprint density at radius 3 is 2.45 bits per heavy atom. The van der Waals surface area contributed by atoms with Crippen LogP contribution in [0.4, 0.5) is 0 Å². The van der Waals surface area contributed by atoms with Crippen molar-refractivity contribution in [3.8, 4) is 0 Å². The van der Waals surface area contributed by atoms with E-state index in [-0.39, 0.29) is 24.2 Å². The van der Waals surface area contributed by atoms with Gasteiger partial charge in [0.25, 0.3) is 0 Å². The molecule has 0 spiro atoms. The van der Waals surface area contributed by atoms with E-state index in [2.05, 4.69) is 38.1 Å². The smallest absolute Gasteiger partial charge is 0.226 e. The van der Waals surface area contributed by atoms with Crippen molar-refractivity contribution in [1.29, 1.82) is 0 Å². The molecule has 1 aliphatic carbocycles. The zero-order valence-electron chi connectivity index (χ0n) is 13.9. The summed E-state index contributed by atoms with van der Waals surface area (Å²) in [6.07, 6.45) is 3.23. The molecule has 0 heterocycles. The van der Waals surface area contributed by atoms with E-state index in [1.165, 1.54) is 11.1 Å². The maximum absolute atomic E-state index is 12.6. The Hall–Kier alpha value is -1.06. The first kappa shape index (κ1) is 19.0. The maximum Gasteiger partial charge on any atom is 0.226 e. The molecule has 0 bridgehead atoms. The molecule has 2 N–H and O–H groups in total. The van der Waals surface area contributed by atoms with Crippen LogP contribution in [0.2, 0.25) is 0 Å². The summed E-state index contributed by atoms with van der Waals surface area (Å²) in [5.74, 6) is 1.32. The van der Waals surface area contributed by atoms with Crippen molar-refractivity contribution < 1.29 is 4.79 Å². The second kappa shape index (κ2) is 8.54. The van der Waals surface area contributed by atoms with Gasteiger partial charge in [0.05, 0.1) is 0 Å². The van der Waals surface area contributed by atoms with Crippen molar-refractivity contribution in [2.45, 2.75) is 45.6 Å². The highest BCUT2D eigenvalue weighted by Gasteiger charge is 2.33. The van der Waals surface area contributed by atoms with Gasteiger partial charge in [-0.2, -0.15) is 0 Å². The Balaban J connectivity index is 0.00000242. The first-order valence-corrected chi connectivity index (χ1v) is 8.06. The Bertz CT molecular complexity index is 472. The average molecular weight is 325 g/mol. The number of carbonyl (C=O) groups excluding carboxylic acids is 1. The average Bonchev–Trinajstić information content (AvgIpc) is 2.95. The van der Waals surface area contributed by atoms with Gasteiger partial charge < -0.3 is 10.6 Å². The molecule has 1 amide bonds. The number of halogens is 1. The van der Waals surface area contributed by atoms with Crippen LogP contribution < -0.4 is 5.73 Å². The largest absolute Gasteiger partial charge is 0.341 e. The Morgan fingerprint density at radius 2 is 1.91 bits per heavy atom. The van der Waals surface area contributed by atoms with Crippen molar-refractivity contribution >= 4 is 18.3 Å². The van der Waals surface area contributed by atoms with Gasteiger partial charge in [-0.05, 0) is 42.3 Å². The van der Waals surface area contributed by atoms with Crippen molar-refractivity contribution in [3.05, 3.63) is 35.4 Å². The van der Waals surface area contributed by atoms with Gasteiger partial charge in [0, 0.05) is 19.5 Å². The molecule has 1 saturated carbocycles. The van der Waals surface area contributed by atoms with E-state index in [1.807, 2.05) is 11.9 Å². The van der Waals surface area contributed by atoms with Crippen LogP contribution in [0, 0.1) is 11.8 Å². The molecule has 22 heavy (non-hydrogen) atoms. The topological polar surface area (TPSA) is 46.3 Å². The van der Waals surface area contributed by atoms with Crippen LogP contribution in [0.15, 0.2) is 24.3 Å². The summed E-state index contributed by atoms with van der Waals surface area (Å²) < 4.78 is 0. The van der Waals surface area contributed by atoms with Crippen LogP contribution in [-0.4, -0.2) is 24.4 Å². The fraction of sp³-hybridized carbons (Fsp3) is 0.611. The fourth-order valence-electron chi connectivity index (χ4n) is 3.29. The van der Waals surface area contributed by atoms with Gasteiger partial charge >= 0.3 is 0 Å². The zero-order valence-corrected chi connectivity index (χ0v) is 14.7. The molecule has 124 valence electrons. The summed E-state index contributed by atoms with van der Waals surface area (Å²) in [7, 11) is 1.91. The quantitative estimate of drug-likeness (QED) is 0.900. The monoisotopic (exact) mass is 324 g/mol.